The zero-order valence-electron chi connectivity index (χ0n) is 11.1. The van der Waals surface area contributed by atoms with Gasteiger partial charge < -0.3 is 4.74 Å². The number of carbonyl (C=O) groups is 2. The van der Waals surface area contributed by atoms with E-state index in [4.69, 9.17) is 4.74 Å². The smallest absolute Gasteiger partial charge is 0.311 e. The molecule has 110 valence electrons. The van der Waals surface area contributed by atoms with Gasteiger partial charge in [0.05, 0.1) is 18.7 Å². The van der Waals surface area contributed by atoms with Gasteiger partial charge in [-0.25, -0.2) is 10.1 Å². The molecule has 0 unspecified atom stereocenters. The van der Waals surface area contributed by atoms with Crippen molar-refractivity contribution < 1.29 is 14.3 Å². The first-order valence-electron chi connectivity index (χ1n) is 6.05. The van der Waals surface area contributed by atoms with Crippen LogP contribution in [0.2, 0.25) is 0 Å². The molecule has 0 aromatic carbocycles. The molecule has 2 heterocycles. The molecule has 0 saturated heterocycles. The molecule has 8 nitrogen and oxygen atoms in total. The molecule has 0 atom stereocenters. The number of nitrogens with one attached hydrogen (secondary N) is 2. The Hall–Kier alpha value is -2.55. The quantitative estimate of drug-likeness (QED) is 0.781. The molecule has 0 aliphatic carbocycles. The number of rotatable bonds is 5. The molecule has 0 saturated carbocycles. The fraction of sp³-hybridized carbons (Fsp3) is 0.250. The van der Waals surface area contributed by atoms with E-state index in [0.717, 1.165) is 0 Å². The third-order valence-electron chi connectivity index (χ3n) is 2.31. The number of nitrogens with zero attached hydrogens (tertiary/aromatic N) is 2. The third-order valence-corrected chi connectivity index (χ3v) is 3.12. The topological polar surface area (TPSA) is 114 Å². The molecule has 1 amide bonds. The van der Waals surface area contributed by atoms with Crippen LogP contribution in [-0.4, -0.2) is 33.7 Å². The second-order valence-corrected chi connectivity index (χ2v) is 4.74. The highest BCUT2D eigenvalue weighted by Crippen LogP contribution is 2.16. The number of amides is 1. The van der Waals surface area contributed by atoms with Crippen molar-refractivity contribution in [2.45, 2.75) is 13.3 Å². The number of H-pyrrole nitrogens is 1. The van der Waals surface area contributed by atoms with Gasteiger partial charge in [-0.2, -0.15) is 5.10 Å². The Kier molecular flexibility index (Phi) is 4.77. The van der Waals surface area contributed by atoms with Gasteiger partial charge in [0.15, 0.2) is 5.13 Å². The first-order chi connectivity index (χ1) is 10.1. The van der Waals surface area contributed by atoms with Crippen LogP contribution in [0.3, 0.4) is 0 Å². The first kappa shape index (κ1) is 14.9. The minimum Gasteiger partial charge on any atom is -0.466 e. The number of hydrogen-bond donors (Lipinski definition) is 2. The minimum atomic E-state index is -0.497. The van der Waals surface area contributed by atoms with Crippen LogP contribution in [0.15, 0.2) is 22.3 Å². The predicted molar refractivity (Wildman–Crippen MR) is 75.3 cm³/mol. The Labute approximate surface area is 123 Å². The summed E-state index contributed by atoms with van der Waals surface area (Å²) >= 11 is 1.19. The Balaban J connectivity index is 1.98. The van der Waals surface area contributed by atoms with Gasteiger partial charge in [-0.3, -0.25) is 19.7 Å². The van der Waals surface area contributed by atoms with E-state index in [1.807, 2.05) is 0 Å². The molecule has 0 spiro atoms. The van der Waals surface area contributed by atoms with E-state index in [1.165, 1.54) is 23.5 Å². The number of esters is 1. The molecule has 0 bridgehead atoms. The first-order valence-corrected chi connectivity index (χ1v) is 6.93. The summed E-state index contributed by atoms with van der Waals surface area (Å²) in [6.45, 7) is 2.03. The number of aromatic nitrogens is 3. The van der Waals surface area contributed by atoms with Gasteiger partial charge in [-0.15, -0.1) is 11.3 Å². The van der Waals surface area contributed by atoms with Crippen molar-refractivity contribution in [3.8, 4) is 0 Å². The van der Waals surface area contributed by atoms with E-state index in [-0.39, 0.29) is 18.1 Å². The van der Waals surface area contributed by atoms with Crippen LogP contribution in [0.25, 0.3) is 0 Å². The van der Waals surface area contributed by atoms with Crippen molar-refractivity contribution in [2.24, 2.45) is 0 Å². The normalized spacial score (nSPS) is 10.1. The molecule has 9 heteroatoms. The maximum absolute atomic E-state index is 11.8. The highest BCUT2D eigenvalue weighted by Gasteiger charge is 2.12. The molecule has 0 aliphatic heterocycles. The van der Waals surface area contributed by atoms with Crippen LogP contribution >= 0.6 is 11.3 Å². The SMILES string of the molecule is CCOC(=O)Cc1csc(NC(=O)c2ccc(=O)[nH]n2)n1. The van der Waals surface area contributed by atoms with Gasteiger partial charge in [0.1, 0.15) is 5.69 Å². The molecule has 2 rings (SSSR count). The molecule has 2 aromatic rings. The van der Waals surface area contributed by atoms with E-state index in [9.17, 15) is 14.4 Å². The Bertz CT molecular complexity index is 689. The average molecular weight is 308 g/mol. The van der Waals surface area contributed by atoms with Crippen molar-refractivity contribution in [1.29, 1.82) is 0 Å². The summed E-state index contributed by atoms with van der Waals surface area (Å²) in [4.78, 5) is 38.1. The summed E-state index contributed by atoms with van der Waals surface area (Å²) in [6, 6.07) is 2.51. The molecule has 2 N–H and O–H groups in total. The Morgan fingerprint density at radius 2 is 2.24 bits per heavy atom. The molecule has 2 aromatic heterocycles. The fourth-order valence-corrected chi connectivity index (χ4v) is 2.14. The highest BCUT2D eigenvalue weighted by molar-refractivity contribution is 7.14. The zero-order chi connectivity index (χ0) is 15.2. The van der Waals surface area contributed by atoms with Gasteiger partial charge >= 0.3 is 5.97 Å². The van der Waals surface area contributed by atoms with Crippen LogP contribution in [0, 0.1) is 0 Å². The molecule has 0 fully saturated rings. The molecule has 0 radical (unpaired) electrons. The zero-order valence-corrected chi connectivity index (χ0v) is 11.9. The van der Waals surface area contributed by atoms with Crippen LogP contribution in [0.5, 0.6) is 0 Å². The van der Waals surface area contributed by atoms with Gasteiger partial charge in [-0.1, -0.05) is 0 Å². The summed E-state index contributed by atoms with van der Waals surface area (Å²) in [7, 11) is 0. The Morgan fingerprint density at radius 3 is 2.90 bits per heavy atom. The standard InChI is InChI=1S/C12H12N4O4S/c1-2-20-10(18)5-7-6-21-12(13-7)14-11(19)8-3-4-9(17)16-15-8/h3-4,6H,2,5H2,1H3,(H,16,17)(H,13,14,19). The highest BCUT2D eigenvalue weighted by atomic mass is 32.1. The number of ether oxygens (including phenoxy) is 1. The second kappa shape index (κ2) is 6.75. The molecule has 21 heavy (non-hydrogen) atoms. The van der Waals surface area contributed by atoms with Crippen molar-refractivity contribution in [2.75, 3.05) is 11.9 Å². The van der Waals surface area contributed by atoms with E-state index < -0.39 is 11.5 Å². The summed E-state index contributed by atoms with van der Waals surface area (Å²) in [6.07, 6.45) is 0.0527. The van der Waals surface area contributed by atoms with E-state index in [2.05, 4.69) is 20.5 Å². The van der Waals surface area contributed by atoms with E-state index in [1.54, 1.807) is 12.3 Å². The van der Waals surface area contributed by atoms with Crippen molar-refractivity contribution in [3.05, 3.63) is 39.3 Å². The lowest BCUT2D eigenvalue weighted by Crippen LogP contribution is -2.17. The number of anilines is 1. The fourth-order valence-electron chi connectivity index (χ4n) is 1.44. The maximum Gasteiger partial charge on any atom is 0.311 e. The maximum atomic E-state index is 11.8. The van der Waals surface area contributed by atoms with Crippen molar-refractivity contribution in [1.82, 2.24) is 15.2 Å². The van der Waals surface area contributed by atoms with Gasteiger partial charge in [0.25, 0.3) is 11.5 Å². The largest absolute Gasteiger partial charge is 0.466 e. The third kappa shape index (κ3) is 4.21. The average Bonchev–Trinajstić information content (AvgIpc) is 2.86. The van der Waals surface area contributed by atoms with Crippen molar-refractivity contribution in [3.63, 3.8) is 0 Å². The minimum absolute atomic E-state index is 0.0527. The lowest BCUT2D eigenvalue weighted by molar-refractivity contribution is -0.142. The van der Waals surface area contributed by atoms with Crippen molar-refractivity contribution >= 4 is 28.3 Å². The number of hydrogen-bond acceptors (Lipinski definition) is 7. The summed E-state index contributed by atoms with van der Waals surface area (Å²) in [5.74, 6) is -0.869. The Morgan fingerprint density at radius 1 is 1.43 bits per heavy atom. The van der Waals surface area contributed by atoms with Crippen LogP contribution in [0.4, 0.5) is 5.13 Å². The number of carbonyl (C=O) groups excluding carboxylic acids is 2. The monoisotopic (exact) mass is 308 g/mol. The van der Waals surface area contributed by atoms with E-state index >= 15 is 0 Å². The molecular formula is C12H12N4O4S. The van der Waals surface area contributed by atoms with Gasteiger partial charge in [0, 0.05) is 11.4 Å². The summed E-state index contributed by atoms with van der Waals surface area (Å²) in [5.41, 5.74) is 0.192. The number of thiazole rings is 1. The number of aromatic amines is 1. The summed E-state index contributed by atoms with van der Waals surface area (Å²) in [5, 5.41) is 10.3. The molecule has 0 aliphatic rings. The lowest BCUT2D eigenvalue weighted by Gasteiger charge is -2.00. The van der Waals surface area contributed by atoms with Gasteiger partial charge in [0.2, 0.25) is 0 Å². The van der Waals surface area contributed by atoms with Crippen LogP contribution in [-0.2, 0) is 16.0 Å². The van der Waals surface area contributed by atoms with Gasteiger partial charge in [-0.05, 0) is 13.0 Å². The predicted octanol–water partition coefficient (Wildman–Crippen LogP) is 0.584. The van der Waals surface area contributed by atoms with Crippen LogP contribution < -0.4 is 10.9 Å². The second-order valence-electron chi connectivity index (χ2n) is 3.89. The van der Waals surface area contributed by atoms with E-state index in [0.29, 0.717) is 17.4 Å². The molecular weight excluding hydrogens is 296 g/mol. The van der Waals surface area contributed by atoms with Crippen LogP contribution in [0.1, 0.15) is 23.1 Å². The lowest BCUT2D eigenvalue weighted by atomic mass is 10.3. The summed E-state index contributed by atoms with van der Waals surface area (Å²) < 4.78 is 4.81.